The molecule has 1 unspecified atom stereocenters. The maximum Gasteiger partial charge on any atom is 0.127 e. The van der Waals surface area contributed by atoms with E-state index in [9.17, 15) is 4.39 Å². The highest BCUT2D eigenvalue weighted by Gasteiger charge is 2.14. The van der Waals surface area contributed by atoms with Crippen molar-refractivity contribution < 1.29 is 4.39 Å². The van der Waals surface area contributed by atoms with Crippen LogP contribution in [0.5, 0.6) is 0 Å². The molecule has 0 bridgehead atoms. The van der Waals surface area contributed by atoms with Crippen LogP contribution in [-0.4, -0.2) is 31.1 Å². The van der Waals surface area contributed by atoms with E-state index in [0.717, 1.165) is 18.7 Å². The molecular weight excluding hydrogens is 227 g/mol. The van der Waals surface area contributed by atoms with Gasteiger partial charge in [-0.05, 0) is 32.5 Å². The van der Waals surface area contributed by atoms with Gasteiger partial charge in [0.2, 0.25) is 0 Å². The minimum absolute atomic E-state index is 0.0989. The highest BCUT2D eigenvalue weighted by atomic mass is 19.1. The predicted molar refractivity (Wildman–Crippen MR) is 73.0 cm³/mol. The van der Waals surface area contributed by atoms with Gasteiger partial charge in [0.1, 0.15) is 5.82 Å². The minimum atomic E-state index is -0.0989. The third-order valence-electron chi connectivity index (χ3n) is 3.59. The van der Waals surface area contributed by atoms with E-state index in [1.807, 2.05) is 12.1 Å². The molecule has 18 heavy (non-hydrogen) atoms. The minimum Gasteiger partial charge on any atom is -0.313 e. The molecule has 3 heteroatoms. The zero-order chi connectivity index (χ0) is 12.8. The van der Waals surface area contributed by atoms with Crippen molar-refractivity contribution in [3.63, 3.8) is 0 Å². The molecule has 2 nitrogen and oxygen atoms in total. The molecule has 0 saturated carbocycles. The number of halogens is 1. The van der Waals surface area contributed by atoms with Crippen LogP contribution in [0.15, 0.2) is 24.3 Å². The maximum absolute atomic E-state index is 13.6. The second kappa shape index (κ2) is 6.86. The first kappa shape index (κ1) is 13.5. The van der Waals surface area contributed by atoms with Gasteiger partial charge in [-0.25, -0.2) is 4.39 Å². The van der Waals surface area contributed by atoms with E-state index in [-0.39, 0.29) is 5.82 Å². The van der Waals surface area contributed by atoms with Crippen molar-refractivity contribution in [3.05, 3.63) is 35.6 Å². The summed E-state index contributed by atoms with van der Waals surface area (Å²) >= 11 is 0. The quantitative estimate of drug-likeness (QED) is 0.884. The lowest BCUT2D eigenvalue weighted by Crippen LogP contribution is -2.38. The average Bonchev–Trinajstić information content (AvgIpc) is 2.61. The van der Waals surface area contributed by atoms with Crippen LogP contribution in [-0.2, 0) is 6.54 Å². The van der Waals surface area contributed by atoms with E-state index >= 15 is 0 Å². The lowest BCUT2D eigenvalue weighted by atomic mass is 10.1. The van der Waals surface area contributed by atoms with Gasteiger partial charge in [-0.1, -0.05) is 31.0 Å². The Labute approximate surface area is 109 Å². The van der Waals surface area contributed by atoms with Gasteiger partial charge < -0.3 is 10.2 Å². The summed E-state index contributed by atoms with van der Waals surface area (Å²) in [5.41, 5.74) is 0.786. The highest BCUT2D eigenvalue weighted by molar-refractivity contribution is 5.16. The van der Waals surface area contributed by atoms with Crippen molar-refractivity contribution in [2.75, 3.05) is 20.1 Å². The summed E-state index contributed by atoms with van der Waals surface area (Å²) < 4.78 is 13.6. The van der Waals surface area contributed by atoms with Gasteiger partial charge in [0.15, 0.2) is 0 Å². The van der Waals surface area contributed by atoms with Gasteiger partial charge in [0, 0.05) is 24.7 Å². The Balaban J connectivity index is 1.84. The Hall–Kier alpha value is -0.930. The van der Waals surface area contributed by atoms with Crippen LogP contribution in [0.2, 0.25) is 0 Å². The Morgan fingerprint density at radius 2 is 2.11 bits per heavy atom. The number of likely N-dealkylation sites (N-methyl/N-ethyl adjacent to an activating group) is 1. The molecule has 100 valence electrons. The molecule has 0 aromatic heterocycles. The summed E-state index contributed by atoms with van der Waals surface area (Å²) in [6.45, 7) is 2.80. The molecule has 0 amide bonds. The van der Waals surface area contributed by atoms with Crippen LogP contribution in [0, 0.1) is 5.82 Å². The van der Waals surface area contributed by atoms with Gasteiger partial charge in [-0.2, -0.15) is 0 Å². The summed E-state index contributed by atoms with van der Waals surface area (Å²) in [6, 6.07) is 7.60. The Kier molecular flexibility index (Phi) is 5.14. The topological polar surface area (TPSA) is 15.3 Å². The maximum atomic E-state index is 13.6. The van der Waals surface area contributed by atoms with Crippen LogP contribution in [0.3, 0.4) is 0 Å². The van der Waals surface area contributed by atoms with Gasteiger partial charge in [-0.15, -0.1) is 0 Å². The van der Waals surface area contributed by atoms with Crippen LogP contribution in [0.25, 0.3) is 0 Å². The van der Waals surface area contributed by atoms with Crippen LogP contribution in [0.4, 0.5) is 4.39 Å². The van der Waals surface area contributed by atoms with E-state index < -0.39 is 0 Å². The van der Waals surface area contributed by atoms with Crippen LogP contribution < -0.4 is 5.32 Å². The average molecular weight is 250 g/mol. The van der Waals surface area contributed by atoms with Crippen molar-refractivity contribution in [2.24, 2.45) is 0 Å². The summed E-state index contributed by atoms with van der Waals surface area (Å²) in [5, 5.41) is 3.58. The fraction of sp³-hybridized carbons (Fsp3) is 0.600. The van der Waals surface area contributed by atoms with E-state index in [4.69, 9.17) is 0 Å². The van der Waals surface area contributed by atoms with Crippen molar-refractivity contribution in [3.8, 4) is 0 Å². The Morgan fingerprint density at radius 1 is 1.28 bits per heavy atom. The van der Waals surface area contributed by atoms with Gasteiger partial charge in [-0.3, -0.25) is 0 Å². The normalized spacial score (nSPS) is 20.9. The van der Waals surface area contributed by atoms with E-state index in [2.05, 4.69) is 17.3 Å². The number of hydrogen-bond acceptors (Lipinski definition) is 2. The third kappa shape index (κ3) is 4.07. The molecule has 0 aliphatic carbocycles. The van der Waals surface area contributed by atoms with E-state index in [1.165, 1.54) is 31.7 Å². The lowest BCUT2D eigenvalue weighted by molar-refractivity contribution is 0.275. The number of rotatable bonds is 4. The summed E-state index contributed by atoms with van der Waals surface area (Å²) in [4.78, 5) is 2.21. The molecule has 1 saturated heterocycles. The fourth-order valence-corrected chi connectivity index (χ4v) is 2.61. The molecular formula is C15H23FN2. The molecule has 0 radical (unpaired) electrons. The summed E-state index contributed by atoms with van der Waals surface area (Å²) in [5.74, 6) is -0.0989. The molecule has 1 aliphatic heterocycles. The third-order valence-corrected chi connectivity index (χ3v) is 3.59. The zero-order valence-electron chi connectivity index (χ0n) is 11.2. The first-order chi connectivity index (χ1) is 8.75. The molecule has 0 spiro atoms. The molecule has 1 aromatic carbocycles. The second-order valence-corrected chi connectivity index (χ2v) is 5.29. The summed E-state index contributed by atoms with van der Waals surface area (Å²) in [7, 11) is 2.07. The van der Waals surface area contributed by atoms with Gasteiger partial charge in [0.05, 0.1) is 0 Å². The zero-order valence-corrected chi connectivity index (χ0v) is 11.2. The van der Waals surface area contributed by atoms with Gasteiger partial charge in [0.25, 0.3) is 0 Å². The standard InChI is InChI=1S/C15H23FN2/c1-18(11-13-7-4-5-9-15(13)16)12-14-8-3-2-6-10-17-14/h4-5,7,9,14,17H,2-3,6,8,10-12H2,1H3. The van der Waals surface area contributed by atoms with E-state index in [0.29, 0.717) is 12.6 Å². The second-order valence-electron chi connectivity index (χ2n) is 5.29. The van der Waals surface area contributed by atoms with Crippen LogP contribution in [0.1, 0.15) is 31.2 Å². The Bertz CT molecular complexity index is 359. The first-order valence-electron chi connectivity index (χ1n) is 6.91. The molecule has 1 N–H and O–H groups in total. The Morgan fingerprint density at radius 3 is 2.94 bits per heavy atom. The van der Waals surface area contributed by atoms with Gasteiger partial charge >= 0.3 is 0 Å². The number of benzene rings is 1. The molecule has 1 aliphatic rings. The number of nitrogens with zero attached hydrogens (tertiary/aromatic N) is 1. The lowest BCUT2D eigenvalue weighted by Gasteiger charge is -2.24. The SMILES string of the molecule is CN(Cc1ccccc1F)CC1CCCCCN1. The van der Waals surface area contributed by atoms with Crippen molar-refractivity contribution >= 4 is 0 Å². The molecule has 1 fully saturated rings. The monoisotopic (exact) mass is 250 g/mol. The van der Waals surface area contributed by atoms with Crippen molar-refractivity contribution in [1.82, 2.24) is 10.2 Å². The molecule has 1 aromatic rings. The van der Waals surface area contributed by atoms with E-state index in [1.54, 1.807) is 6.07 Å². The molecule has 1 heterocycles. The van der Waals surface area contributed by atoms with Crippen LogP contribution >= 0.6 is 0 Å². The van der Waals surface area contributed by atoms with Crippen molar-refractivity contribution in [2.45, 2.75) is 38.3 Å². The largest absolute Gasteiger partial charge is 0.313 e. The first-order valence-corrected chi connectivity index (χ1v) is 6.91. The number of nitrogens with one attached hydrogen (secondary N) is 1. The summed E-state index contributed by atoms with van der Waals surface area (Å²) in [6.07, 6.45) is 5.17. The fourth-order valence-electron chi connectivity index (χ4n) is 2.61. The molecule has 2 rings (SSSR count). The van der Waals surface area contributed by atoms with Crippen molar-refractivity contribution in [1.29, 1.82) is 0 Å². The molecule has 1 atom stereocenters. The smallest absolute Gasteiger partial charge is 0.127 e. The highest BCUT2D eigenvalue weighted by Crippen LogP contribution is 2.12. The predicted octanol–water partition coefficient (Wildman–Crippen LogP) is 2.79. The number of hydrogen-bond donors (Lipinski definition) is 1.